The zero-order chi connectivity index (χ0) is 18.1. The molecule has 0 bridgehead atoms. The highest BCUT2D eigenvalue weighted by atomic mass is 79.9. The molecule has 2 aromatic rings. The molecule has 0 atom stereocenters. The molecule has 0 aromatic heterocycles. The summed E-state index contributed by atoms with van der Waals surface area (Å²) in [5.74, 6) is 1.18. The van der Waals surface area contributed by atoms with Crippen LogP contribution >= 0.6 is 15.9 Å². The number of hydrogen-bond acceptors (Lipinski definition) is 4. The molecule has 0 aliphatic carbocycles. The summed E-state index contributed by atoms with van der Waals surface area (Å²) in [5.41, 5.74) is 1.21. The maximum Gasteiger partial charge on any atom is 0.255 e. The maximum atomic E-state index is 12.4. The van der Waals surface area contributed by atoms with E-state index in [1.165, 1.54) is 0 Å². The van der Waals surface area contributed by atoms with E-state index in [1.54, 1.807) is 55.7 Å². The Balaban J connectivity index is 1.97. The molecule has 0 fully saturated rings. The lowest BCUT2D eigenvalue weighted by molar-refractivity contribution is 0.102. The largest absolute Gasteiger partial charge is 0.491 e. The first-order valence-electron chi connectivity index (χ1n) is 7.70. The molecule has 2 aromatic carbocycles. The third-order valence-corrected chi connectivity index (χ3v) is 3.84. The minimum atomic E-state index is -0.205. The summed E-state index contributed by atoms with van der Waals surface area (Å²) in [7, 11) is 1.62. The number of ether oxygens (including phenoxy) is 3. The number of carbonyl (C=O) groups is 1. The summed E-state index contributed by atoms with van der Waals surface area (Å²) in [6.07, 6.45) is 1.66. The lowest BCUT2D eigenvalue weighted by atomic mass is 10.2. The molecule has 0 spiro atoms. The number of halogens is 1. The SMILES string of the molecule is C=CCOc1ccc(C(=O)Nc2ccc(OCCOC)cc2)cc1Br. The van der Waals surface area contributed by atoms with Crippen LogP contribution in [0.1, 0.15) is 10.4 Å². The van der Waals surface area contributed by atoms with Gasteiger partial charge >= 0.3 is 0 Å². The molecule has 0 saturated heterocycles. The third-order valence-electron chi connectivity index (χ3n) is 3.22. The average molecular weight is 406 g/mol. The van der Waals surface area contributed by atoms with E-state index in [0.29, 0.717) is 41.3 Å². The molecule has 0 unspecified atom stereocenters. The topological polar surface area (TPSA) is 56.8 Å². The van der Waals surface area contributed by atoms with Gasteiger partial charge in [-0.05, 0) is 58.4 Å². The number of rotatable bonds is 9. The van der Waals surface area contributed by atoms with Crippen LogP contribution in [0.5, 0.6) is 11.5 Å². The summed E-state index contributed by atoms with van der Waals surface area (Å²) < 4.78 is 16.6. The van der Waals surface area contributed by atoms with Gasteiger partial charge in [0.1, 0.15) is 24.7 Å². The van der Waals surface area contributed by atoms with Gasteiger partial charge in [-0.1, -0.05) is 12.7 Å². The molecular formula is C19H20BrNO4. The number of nitrogens with one attached hydrogen (secondary N) is 1. The average Bonchev–Trinajstić information content (AvgIpc) is 2.62. The summed E-state index contributed by atoms with van der Waals surface area (Å²) >= 11 is 3.40. The number of carbonyl (C=O) groups excluding carboxylic acids is 1. The van der Waals surface area contributed by atoms with Crippen molar-refractivity contribution in [2.45, 2.75) is 0 Å². The zero-order valence-electron chi connectivity index (χ0n) is 14.0. The molecule has 1 N–H and O–H groups in total. The molecular weight excluding hydrogens is 386 g/mol. The molecule has 0 radical (unpaired) electrons. The Morgan fingerprint density at radius 2 is 1.92 bits per heavy atom. The van der Waals surface area contributed by atoms with Crippen LogP contribution in [0.25, 0.3) is 0 Å². The highest BCUT2D eigenvalue weighted by molar-refractivity contribution is 9.10. The molecule has 0 aliphatic rings. The summed E-state index contributed by atoms with van der Waals surface area (Å²) in [5, 5.41) is 2.85. The highest BCUT2D eigenvalue weighted by Gasteiger charge is 2.09. The van der Waals surface area contributed by atoms with E-state index in [9.17, 15) is 4.79 Å². The number of methoxy groups -OCH3 is 1. The molecule has 1 amide bonds. The van der Waals surface area contributed by atoms with Crippen molar-refractivity contribution < 1.29 is 19.0 Å². The first-order valence-corrected chi connectivity index (χ1v) is 8.49. The van der Waals surface area contributed by atoms with Crippen molar-refractivity contribution in [3.05, 3.63) is 65.2 Å². The Kier molecular flexibility index (Phi) is 7.50. The lowest BCUT2D eigenvalue weighted by Crippen LogP contribution is -2.12. The van der Waals surface area contributed by atoms with E-state index >= 15 is 0 Å². The predicted molar refractivity (Wildman–Crippen MR) is 102 cm³/mol. The van der Waals surface area contributed by atoms with Crippen molar-refractivity contribution in [2.75, 3.05) is 32.2 Å². The van der Waals surface area contributed by atoms with Crippen molar-refractivity contribution in [1.29, 1.82) is 0 Å². The van der Waals surface area contributed by atoms with Crippen LogP contribution in [0.2, 0.25) is 0 Å². The van der Waals surface area contributed by atoms with Crippen LogP contribution in [0.4, 0.5) is 5.69 Å². The van der Waals surface area contributed by atoms with E-state index in [0.717, 1.165) is 5.75 Å². The van der Waals surface area contributed by atoms with Crippen molar-refractivity contribution in [1.82, 2.24) is 0 Å². The monoisotopic (exact) mass is 405 g/mol. The van der Waals surface area contributed by atoms with Gasteiger partial charge < -0.3 is 19.5 Å². The fraction of sp³-hybridized carbons (Fsp3) is 0.211. The Morgan fingerprint density at radius 1 is 1.16 bits per heavy atom. The number of hydrogen-bond donors (Lipinski definition) is 1. The van der Waals surface area contributed by atoms with Gasteiger partial charge in [0.2, 0.25) is 0 Å². The van der Waals surface area contributed by atoms with Crippen LogP contribution < -0.4 is 14.8 Å². The van der Waals surface area contributed by atoms with Crippen LogP contribution in [0.15, 0.2) is 59.6 Å². The van der Waals surface area contributed by atoms with Crippen LogP contribution in [-0.4, -0.2) is 32.8 Å². The molecule has 2 rings (SSSR count). The van der Waals surface area contributed by atoms with Crippen molar-refractivity contribution in [2.24, 2.45) is 0 Å². The van der Waals surface area contributed by atoms with E-state index in [-0.39, 0.29) is 5.91 Å². The van der Waals surface area contributed by atoms with E-state index in [1.807, 2.05) is 0 Å². The van der Waals surface area contributed by atoms with Gasteiger partial charge in [-0.3, -0.25) is 4.79 Å². The van der Waals surface area contributed by atoms with Crippen molar-refractivity contribution >= 4 is 27.5 Å². The summed E-state index contributed by atoms with van der Waals surface area (Å²) in [4.78, 5) is 12.4. The van der Waals surface area contributed by atoms with Gasteiger partial charge in [-0.15, -0.1) is 0 Å². The van der Waals surface area contributed by atoms with Gasteiger partial charge in [0.15, 0.2) is 0 Å². The minimum Gasteiger partial charge on any atom is -0.491 e. The van der Waals surface area contributed by atoms with Gasteiger partial charge in [0.25, 0.3) is 5.91 Å². The van der Waals surface area contributed by atoms with Gasteiger partial charge in [0.05, 0.1) is 11.1 Å². The molecule has 25 heavy (non-hydrogen) atoms. The zero-order valence-corrected chi connectivity index (χ0v) is 15.5. The molecule has 0 saturated carbocycles. The molecule has 6 heteroatoms. The quantitative estimate of drug-likeness (QED) is 0.499. The molecule has 0 heterocycles. The van der Waals surface area contributed by atoms with Crippen molar-refractivity contribution in [3.8, 4) is 11.5 Å². The first-order chi connectivity index (χ1) is 12.1. The Labute approximate surface area is 155 Å². The Bertz CT molecular complexity index is 716. The van der Waals surface area contributed by atoms with E-state index < -0.39 is 0 Å². The van der Waals surface area contributed by atoms with E-state index in [4.69, 9.17) is 14.2 Å². The standard InChI is InChI=1S/C19H20BrNO4/c1-3-10-25-18-9-4-14(13-17(18)20)19(22)21-15-5-7-16(8-6-15)24-12-11-23-2/h3-9,13H,1,10-12H2,2H3,(H,21,22). The lowest BCUT2D eigenvalue weighted by Gasteiger charge is -2.10. The van der Waals surface area contributed by atoms with Crippen molar-refractivity contribution in [3.63, 3.8) is 0 Å². The maximum absolute atomic E-state index is 12.4. The number of anilines is 1. The second-order valence-electron chi connectivity index (χ2n) is 5.06. The second-order valence-corrected chi connectivity index (χ2v) is 5.92. The van der Waals surface area contributed by atoms with Crippen LogP contribution in [0, 0.1) is 0 Å². The summed E-state index contributed by atoms with van der Waals surface area (Å²) in [6, 6.07) is 12.3. The second kappa shape index (κ2) is 9.86. The smallest absolute Gasteiger partial charge is 0.255 e. The van der Waals surface area contributed by atoms with Crippen LogP contribution in [-0.2, 0) is 4.74 Å². The van der Waals surface area contributed by atoms with Crippen LogP contribution in [0.3, 0.4) is 0 Å². The van der Waals surface area contributed by atoms with Gasteiger partial charge in [0, 0.05) is 18.4 Å². The normalized spacial score (nSPS) is 10.2. The fourth-order valence-electron chi connectivity index (χ4n) is 1.99. The Hall–Kier alpha value is -2.31. The Morgan fingerprint density at radius 3 is 2.56 bits per heavy atom. The predicted octanol–water partition coefficient (Wildman–Crippen LogP) is 4.29. The third kappa shape index (κ3) is 5.92. The summed E-state index contributed by atoms with van der Waals surface area (Å²) in [6.45, 7) is 5.02. The number of amides is 1. The molecule has 132 valence electrons. The molecule has 5 nitrogen and oxygen atoms in total. The number of benzene rings is 2. The minimum absolute atomic E-state index is 0.205. The first kappa shape index (κ1) is 19.0. The molecule has 0 aliphatic heterocycles. The fourth-order valence-corrected chi connectivity index (χ4v) is 2.48. The highest BCUT2D eigenvalue weighted by Crippen LogP contribution is 2.26. The van der Waals surface area contributed by atoms with E-state index in [2.05, 4.69) is 27.8 Å². The van der Waals surface area contributed by atoms with Gasteiger partial charge in [-0.25, -0.2) is 0 Å². The van der Waals surface area contributed by atoms with Gasteiger partial charge in [-0.2, -0.15) is 0 Å².